The molecule has 7 heteroatoms. The number of alkyl carbamates (subject to hydrolysis) is 1. The second kappa shape index (κ2) is 8.79. The van der Waals surface area contributed by atoms with Crippen molar-refractivity contribution in [1.29, 1.82) is 0 Å². The van der Waals surface area contributed by atoms with Crippen molar-refractivity contribution in [3.63, 3.8) is 0 Å². The van der Waals surface area contributed by atoms with Crippen molar-refractivity contribution in [3.05, 3.63) is 59.7 Å². The van der Waals surface area contributed by atoms with Crippen LogP contribution in [0.3, 0.4) is 0 Å². The number of nitrogens with one attached hydrogen (secondary N) is 1. The minimum absolute atomic E-state index is 0.0531. The highest BCUT2D eigenvalue weighted by Gasteiger charge is 2.35. The van der Waals surface area contributed by atoms with Crippen LogP contribution in [-0.4, -0.2) is 53.2 Å². The molecule has 2 aromatic carbocycles. The lowest BCUT2D eigenvalue weighted by Crippen LogP contribution is -2.48. The summed E-state index contributed by atoms with van der Waals surface area (Å²) in [7, 11) is 0. The molecule has 2 aliphatic rings. The maximum Gasteiger partial charge on any atom is 0.407 e. The summed E-state index contributed by atoms with van der Waals surface area (Å²) in [6.07, 6.45) is 0.961. The molecule has 2 aliphatic carbocycles. The Bertz CT molecular complexity index is 955. The lowest BCUT2D eigenvalue weighted by Gasteiger charge is -2.25. The largest absolute Gasteiger partial charge is 0.481 e. The van der Waals surface area contributed by atoms with E-state index in [1.54, 1.807) is 11.8 Å². The van der Waals surface area contributed by atoms with E-state index < -0.39 is 18.1 Å². The van der Waals surface area contributed by atoms with E-state index >= 15 is 0 Å². The third-order valence-corrected chi connectivity index (χ3v) is 5.89. The molecule has 1 saturated carbocycles. The van der Waals surface area contributed by atoms with Crippen molar-refractivity contribution in [2.24, 2.45) is 0 Å². The summed E-state index contributed by atoms with van der Waals surface area (Å²) < 4.78 is 5.50. The van der Waals surface area contributed by atoms with Crippen LogP contribution >= 0.6 is 0 Å². The Morgan fingerprint density at radius 3 is 2.19 bits per heavy atom. The van der Waals surface area contributed by atoms with E-state index in [4.69, 9.17) is 9.84 Å². The van der Waals surface area contributed by atoms with Crippen LogP contribution in [0.2, 0.25) is 0 Å². The first-order valence-electron chi connectivity index (χ1n) is 10.6. The standard InChI is InChI=1S/C24H26N2O5/c1-15(23(29)26(16-10-11-16)13-12-22(27)28)25-24(30)31-14-21-19-8-4-2-6-17(19)18-7-3-5-9-20(18)21/h2-9,15-16,21H,10-14H2,1H3,(H,25,30)(H,27,28)/t15-/m0/s1. The quantitative estimate of drug-likeness (QED) is 0.680. The fourth-order valence-corrected chi connectivity index (χ4v) is 4.20. The van der Waals surface area contributed by atoms with Gasteiger partial charge in [0, 0.05) is 18.5 Å². The SMILES string of the molecule is C[C@H](NC(=O)OCC1c2ccccc2-c2ccccc21)C(=O)N(CCC(=O)O)C1CC1. The topological polar surface area (TPSA) is 95.9 Å². The first kappa shape index (κ1) is 20.9. The Kier molecular flexibility index (Phi) is 5.93. The number of carbonyl (C=O) groups is 3. The molecule has 2 amide bonds. The summed E-state index contributed by atoms with van der Waals surface area (Å²) in [5.41, 5.74) is 4.53. The summed E-state index contributed by atoms with van der Waals surface area (Å²) >= 11 is 0. The second-order valence-electron chi connectivity index (χ2n) is 8.10. The maximum atomic E-state index is 12.7. The number of ether oxygens (including phenoxy) is 1. The molecule has 0 unspecified atom stereocenters. The van der Waals surface area contributed by atoms with Gasteiger partial charge in [-0.05, 0) is 42.0 Å². The van der Waals surface area contributed by atoms with Crippen molar-refractivity contribution < 1.29 is 24.2 Å². The van der Waals surface area contributed by atoms with Crippen LogP contribution in [-0.2, 0) is 14.3 Å². The number of carboxylic acids is 1. The number of aliphatic carboxylic acids is 1. The number of benzene rings is 2. The van der Waals surface area contributed by atoms with Gasteiger partial charge in [-0.3, -0.25) is 9.59 Å². The van der Waals surface area contributed by atoms with Crippen molar-refractivity contribution in [2.75, 3.05) is 13.2 Å². The predicted molar refractivity (Wildman–Crippen MR) is 115 cm³/mol. The lowest BCUT2D eigenvalue weighted by molar-refractivity contribution is -0.139. The highest BCUT2D eigenvalue weighted by Crippen LogP contribution is 2.44. The number of carbonyl (C=O) groups excluding carboxylic acids is 2. The Labute approximate surface area is 181 Å². The van der Waals surface area contributed by atoms with E-state index in [1.807, 2.05) is 36.4 Å². The van der Waals surface area contributed by atoms with Crippen molar-refractivity contribution in [1.82, 2.24) is 10.2 Å². The van der Waals surface area contributed by atoms with Gasteiger partial charge in [-0.25, -0.2) is 4.79 Å². The smallest absolute Gasteiger partial charge is 0.407 e. The average Bonchev–Trinajstić information content (AvgIpc) is 3.54. The van der Waals surface area contributed by atoms with Crippen LogP contribution in [0.15, 0.2) is 48.5 Å². The van der Waals surface area contributed by atoms with Gasteiger partial charge in [0.05, 0.1) is 6.42 Å². The van der Waals surface area contributed by atoms with E-state index in [9.17, 15) is 14.4 Å². The van der Waals surface area contributed by atoms with Gasteiger partial charge >= 0.3 is 12.1 Å². The van der Waals surface area contributed by atoms with Gasteiger partial charge in [0.1, 0.15) is 12.6 Å². The minimum Gasteiger partial charge on any atom is -0.481 e. The first-order valence-corrected chi connectivity index (χ1v) is 10.6. The molecule has 1 fully saturated rings. The van der Waals surface area contributed by atoms with E-state index in [2.05, 4.69) is 17.4 Å². The molecule has 0 aliphatic heterocycles. The van der Waals surface area contributed by atoms with Crippen LogP contribution in [0.1, 0.15) is 43.2 Å². The molecule has 0 spiro atoms. The normalized spacial score (nSPS) is 15.5. The first-order chi connectivity index (χ1) is 15.0. The van der Waals surface area contributed by atoms with E-state index in [-0.39, 0.29) is 37.4 Å². The maximum absolute atomic E-state index is 12.7. The molecular formula is C24H26N2O5. The van der Waals surface area contributed by atoms with Gasteiger partial charge in [0.15, 0.2) is 0 Å². The third kappa shape index (κ3) is 4.55. The van der Waals surface area contributed by atoms with Gasteiger partial charge < -0.3 is 20.1 Å². The van der Waals surface area contributed by atoms with Crippen LogP contribution in [0.4, 0.5) is 4.79 Å². The molecule has 1 atom stereocenters. The van der Waals surface area contributed by atoms with Crippen LogP contribution < -0.4 is 5.32 Å². The number of nitrogens with zero attached hydrogens (tertiary/aromatic N) is 1. The number of fused-ring (bicyclic) bond motifs is 3. The number of hydrogen-bond donors (Lipinski definition) is 2. The fraction of sp³-hybridized carbons (Fsp3) is 0.375. The van der Waals surface area contributed by atoms with Crippen molar-refractivity contribution >= 4 is 18.0 Å². The van der Waals surface area contributed by atoms with Crippen LogP contribution in [0.5, 0.6) is 0 Å². The number of hydrogen-bond acceptors (Lipinski definition) is 4. The molecule has 0 heterocycles. The van der Waals surface area contributed by atoms with E-state index in [0.717, 1.165) is 35.1 Å². The molecule has 0 radical (unpaired) electrons. The summed E-state index contributed by atoms with van der Waals surface area (Å²) in [5, 5.41) is 11.5. The van der Waals surface area contributed by atoms with Crippen molar-refractivity contribution in [3.8, 4) is 11.1 Å². The molecule has 2 N–H and O–H groups in total. The molecular weight excluding hydrogens is 396 g/mol. The van der Waals surface area contributed by atoms with E-state index in [0.29, 0.717) is 0 Å². The fourth-order valence-electron chi connectivity index (χ4n) is 4.20. The van der Waals surface area contributed by atoms with Crippen molar-refractivity contribution in [2.45, 2.75) is 44.2 Å². The number of amides is 2. The molecule has 31 heavy (non-hydrogen) atoms. The molecule has 4 rings (SSSR count). The molecule has 7 nitrogen and oxygen atoms in total. The van der Waals surface area contributed by atoms with Crippen LogP contribution in [0.25, 0.3) is 11.1 Å². The summed E-state index contributed by atoms with van der Waals surface area (Å²) in [6.45, 7) is 1.92. The Balaban J connectivity index is 1.36. The number of carboxylic acid groups (broad SMARTS) is 1. The average molecular weight is 422 g/mol. The second-order valence-corrected chi connectivity index (χ2v) is 8.10. The van der Waals surface area contributed by atoms with Gasteiger partial charge in [-0.15, -0.1) is 0 Å². The van der Waals surface area contributed by atoms with Gasteiger partial charge in [-0.2, -0.15) is 0 Å². The molecule has 2 aromatic rings. The lowest BCUT2D eigenvalue weighted by atomic mass is 9.98. The zero-order valence-corrected chi connectivity index (χ0v) is 17.4. The summed E-state index contributed by atoms with van der Waals surface area (Å²) in [5.74, 6) is -1.28. The highest BCUT2D eigenvalue weighted by molar-refractivity contribution is 5.86. The molecule has 162 valence electrons. The van der Waals surface area contributed by atoms with Gasteiger partial charge in [0.25, 0.3) is 0 Å². The predicted octanol–water partition coefficient (Wildman–Crippen LogP) is 3.38. The molecule has 0 aromatic heterocycles. The molecule has 0 bridgehead atoms. The highest BCUT2D eigenvalue weighted by atomic mass is 16.5. The zero-order valence-electron chi connectivity index (χ0n) is 17.4. The zero-order chi connectivity index (χ0) is 22.0. The number of rotatable bonds is 8. The monoisotopic (exact) mass is 422 g/mol. The van der Waals surface area contributed by atoms with Crippen LogP contribution in [0, 0.1) is 0 Å². The Hall–Kier alpha value is -3.35. The van der Waals surface area contributed by atoms with Gasteiger partial charge in [-0.1, -0.05) is 48.5 Å². The molecule has 0 saturated heterocycles. The van der Waals surface area contributed by atoms with E-state index in [1.165, 1.54) is 0 Å². The Morgan fingerprint density at radius 1 is 1.06 bits per heavy atom. The van der Waals surface area contributed by atoms with Gasteiger partial charge in [0.2, 0.25) is 5.91 Å². The summed E-state index contributed by atoms with van der Waals surface area (Å²) in [4.78, 5) is 37.6. The minimum atomic E-state index is -0.949. The Morgan fingerprint density at radius 2 is 1.65 bits per heavy atom. The summed E-state index contributed by atoms with van der Waals surface area (Å²) in [6, 6.07) is 15.4. The third-order valence-electron chi connectivity index (χ3n) is 5.89.